The molecule has 0 atom stereocenters. The number of fused-ring (bicyclic) bond motifs is 4. The third-order valence-electron chi connectivity index (χ3n) is 30.3. The Morgan fingerprint density at radius 1 is 0.184 bits per heavy atom. The van der Waals surface area contributed by atoms with Crippen molar-refractivity contribution in [3.8, 4) is 23.0 Å². The predicted molar refractivity (Wildman–Crippen MR) is 630 cm³/mol. The van der Waals surface area contributed by atoms with Gasteiger partial charge in [-0.3, -0.25) is 0 Å². The van der Waals surface area contributed by atoms with E-state index in [4.69, 9.17) is 18.9 Å². The van der Waals surface area contributed by atoms with Gasteiger partial charge in [0, 0.05) is 10.8 Å². The van der Waals surface area contributed by atoms with Crippen LogP contribution in [0.1, 0.15) is 620 Å². The maximum atomic E-state index is 7.70. The van der Waals surface area contributed by atoms with E-state index in [2.05, 4.69) is 143 Å². The Balaban J connectivity index is 0.000000484. The minimum Gasteiger partial charge on any atom is -0.488 e. The Bertz CT molecular complexity index is 3210. The Morgan fingerprint density at radius 2 is 0.324 bits per heavy atom. The number of unbranched alkanes of at least 4 members (excludes halogenated alkanes) is 72. The minimum atomic E-state index is -2.46. The van der Waals surface area contributed by atoms with E-state index in [1.807, 2.05) is 22.7 Å². The summed E-state index contributed by atoms with van der Waals surface area (Å²) < 4.78 is 38.9. The van der Waals surface area contributed by atoms with Gasteiger partial charge in [-0.05, 0) is 74.3 Å². The van der Waals surface area contributed by atoms with Gasteiger partial charge in [-0.2, -0.15) is 0 Å². The molecule has 6 aromatic rings. The van der Waals surface area contributed by atoms with Gasteiger partial charge in [0.1, 0.15) is 11.5 Å². The van der Waals surface area contributed by atoms with Crippen molar-refractivity contribution in [3.63, 3.8) is 0 Å². The van der Waals surface area contributed by atoms with Crippen molar-refractivity contribution < 1.29 is 18.9 Å². The monoisotopic (exact) mass is 2170 g/mol. The van der Waals surface area contributed by atoms with E-state index in [9.17, 15) is 0 Å². The maximum absolute atomic E-state index is 7.70. The summed E-state index contributed by atoms with van der Waals surface area (Å²) in [5, 5.41) is 9.98. The first-order valence-corrected chi connectivity index (χ1v) is 84.6. The fraction of sp³-hybridized carbons (Fsp3) is 0.841. The van der Waals surface area contributed by atoms with Crippen LogP contribution in [0.2, 0.25) is 29.6 Å². The van der Waals surface area contributed by atoms with Gasteiger partial charge in [0.05, 0.1) is 21.6 Å². The van der Waals surface area contributed by atoms with Crippen molar-refractivity contribution >= 4 is 128 Å². The molecule has 0 aliphatic carbocycles. The van der Waals surface area contributed by atoms with E-state index >= 15 is 0 Å². The molecule has 4 nitrogen and oxygen atoms in total. The second-order valence-electron chi connectivity index (χ2n) is 45.6. The summed E-state index contributed by atoms with van der Waals surface area (Å²) in [5.41, 5.74) is 0. The summed E-state index contributed by atoms with van der Waals surface area (Å²) >= 11 is 3.06. The molecule has 788 valence electrons. The molecule has 0 spiro atoms. The molecule has 0 unspecified atom stereocenters. The Kier molecular flexibility index (Phi) is 78.5. The smallest absolute Gasteiger partial charge is 0.146 e. The molecule has 4 aromatic heterocycles. The summed E-state index contributed by atoms with van der Waals surface area (Å²) in [7, 11) is 0. The zero-order valence-electron chi connectivity index (χ0n) is 93.3. The number of thiophene rings is 4. The minimum absolute atomic E-state index is 0.289. The normalized spacial score (nSPS) is 12.2. The Hall–Kier alpha value is -0.923. The van der Waals surface area contributed by atoms with Crippen LogP contribution in [0.15, 0.2) is 35.0 Å². The van der Waals surface area contributed by atoms with Crippen molar-refractivity contribution in [2.24, 2.45) is 0 Å². The van der Waals surface area contributed by atoms with Crippen LogP contribution >= 0.6 is 45.3 Å². The molecular weight excluding hydrogens is 1940 g/mol. The fourth-order valence-electron chi connectivity index (χ4n) is 21.1. The van der Waals surface area contributed by atoms with E-state index in [-0.39, 0.29) is 12.2 Å². The molecule has 0 amide bonds. The van der Waals surface area contributed by atoms with Gasteiger partial charge in [0.25, 0.3) is 0 Å². The largest absolute Gasteiger partial charge is 0.488 e. The van der Waals surface area contributed by atoms with Gasteiger partial charge in [-0.1, -0.05) is 415 Å². The Labute approximate surface area is 871 Å². The molecule has 0 bridgehead atoms. The third kappa shape index (κ3) is 58.6. The molecule has 0 fully saturated rings. The van der Waals surface area contributed by atoms with E-state index in [0.717, 1.165) is 11.5 Å². The molecule has 136 heavy (non-hydrogen) atoms. The summed E-state index contributed by atoms with van der Waals surface area (Å²) in [4.78, 5) is 15.7. The van der Waals surface area contributed by atoms with Crippen molar-refractivity contribution in [1.82, 2.24) is 0 Å². The standard InChI is InChI=1S/C60H106O2S2.C60H104O2S2.6CH3.2Sn/c2*1-5-9-13-17-21-25-29-33-37-41-45-53(46-42-38-34-30-26-22-18-14-10-6-2)61-57-55-49-51-64-60(55)58(56-50-52-63-59(56)57)62-54(47-43-39-35-31-27-23-19-15-11-7-3)48-44-40-36-32-28-24-20-16-12-8-4;;;;;;;;/h49-54H,5-48H2,1-4H3;49-50,53-54H,5-48H2,1-4H3;6*1H3;;. The average molecular weight is 2170 g/mol. The summed E-state index contributed by atoms with van der Waals surface area (Å²) in [6.07, 6.45) is 122. The van der Waals surface area contributed by atoms with Crippen LogP contribution in [0.25, 0.3) is 40.3 Å². The molecule has 2 aromatic carbocycles. The van der Waals surface area contributed by atoms with Crippen molar-refractivity contribution in [2.75, 3.05) is 0 Å². The van der Waals surface area contributed by atoms with Crippen LogP contribution in [0.4, 0.5) is 0 Å². The number of hydrogen-bond donors (Lipinski definition) is 0. The zero-order valence-corrected chi connectivity index (χ0v) is 102. The molecule has 0 N–H and O–H groups in total. The zero-order chi connectivity index (χ0) is 97.5. The van der Waals surface area contributed by atoms with E-state index in [1.165, 1.54) is 617 Å². The SMILES string of the molecule is CCCCCCCCCCCCC(CCCCCCCCCCCC)Oc1c2c[c]([Sn]([CH3])([CH3])[CH3])sc2c(OC(CCCCCCCCCCCC)CCCCCCCCCCCC)c2c[c]([Sn]([CH3])([CH3])[CH3])sc12.CCCCCCCCCCCCC(CCCCCCCCCCCC)Oc1c2ccsc2c(OC(CCCCCCCCCCCC)CCCCCCCCCCCC)c2ccsc12. The van der Waals surface area contributed by atoms with Crippen LogP contribution in [-0.4, -0.2) is 61.2 Å². The molecule has 0 saturated heterocycles. The number of hydrogen-bond acceptors (Lipinski definition) is 8. The Morgan fingerprint density at radius 3 is 0.471 bits per heavy atom. The second kappa shape index (κ2) is 85.1. The quantitative estimate of drug-likeness (QED) is 0.0282. The molecule has 0 aliphatic rings. The molecule has 6 rings (SSSR count). The van der Waals surface area contributed by atoms with E-state index in [1.54, 1.807) is 5.79 Å². The fourth-order valence-corrected chi connectivity index (χ4v) is 35.6. The van der Waals surface area contributed by atoms with Crippen LogP contribution in [0.3, 0.4) is 0 Å². The molecule has 10 heteroatoms. The molecule has 0 aliphatic heterocycles. The summed E-state index contributed by atoms with van der Waals surface area (Å²) in [6, 6.07) is 9.99. The topological polar surface area (TPSA) is 36.9 Å². The summed E-state index contributed by atoms with van der Waals surface area (Å²) in [6.45, 7) is 18.6. The van der Waals surface area contributed by atoms with Gasteiger partial charge >= 0.3 is 314 Å². The molecular formula is C126H228O4S4Sn2. The first kappa shape index (κ1) is 126. The van der Waals surface area contributed by atoms with Crippen LogP contribution in [0.5, 0.6) is 23.0 Å². The van der Waals surface area contributed by atoms with Gasteiger partial charge in [-0.25, -0.2) is 0 Å². The van der Waals surface area contributed by atoms with Crippen LogP contribution < -0.4 is 24.7 Å². The van der Waals surface area contributed by atoms with E-state index in [0.29, 0.717) is 12.2 Å². The summed E-state index contributed by atoms with van der Waals surface area (Å²) in [5.74, 6) is 4.78. The molecule has 0 saturated carbocycles. The van der Waals surface area contributed by atoms with Crippen LogP contribution in [0, 0.1) is 0 Å². The number of benzene rings is 2. The van der Waals surface area contributed by atoms with Gasteiger partial charge in [-0.15, -0.1) is 22.7 Å². The van der Waals surface area contributed by atoms with E-state index < -0.39 is 36.8 Å². The third-order valence-corrected chi connectivity index (χ3v) is 53.2. The number of ether oxygens (including phenoxy) is 4. The first-order chi connectivity index (χ1) is 66.7. The van der Waals surface area contributed by atoms with Gasteiger partial charge < -0.3 is 9.47 Å². The number of rotatable bonds is 98. The van der Waals surface area contributed by atoms with Gasteiger partial charge in [0.2, 0.25) is 0 Å². The van der Waals surface area contributed by atoms with Crippen molar-refractivity contribution in [1.29, 1.82) is 0 Å². The maximum Gasteiger partial charge on any atom is 0.146 e. The van der Waals surface area contributed by atoms with Crippen molar-refractivity contribution in [3.05, 3.63) is 35.0 Å². The van der Waals surface area contributed by atoms with Gasteiger partial charge in [0.15, 0.2) is 0 Å². The average Bonchev–Trinajstić information content (AvgIpc) is 1.57. The molecule has 4 heterocycles. The van der Waals surface area contributed by atoms with Crippen molar-refractivity contribution in [2.45, 2.75) is 674 Å². The van der Waals surface area contributed by atoms with Crippen LogP contribution in [-0.2, 0) is 0 Å². The first-order valence-electron chi connectivity index (χ1n) is 61.3. The molecule has 0 radical (unpaired) electrons. The second-order valence-corrected chi connectivity index (χ2v) is 80.3. The predicted octanol–water partition coefficient (Wildman–Crippen LogP) is 46.8.